The zero-order valence-electron chi connectivity index (χ0n) is 10.1. The number of carboxylic acid groups (broad SMARTS) is 1. The number of alkyl halides is 2. The molecule has 1 N–H and O–H groups in total. The first-order valence-corrected chi connectivity index (χ1v) is 5.90. The molecular formula is C13H15F2NO2. The Morgan fingerprint density at radius 1 is 1.33 bits per heavy atom. The molecule has 18 heavy (non-hydrogen) atoms. The Balaban J connectivity index is 2.38. The average Bonchev–Trinajstić information content (AvgIpc) is 2.29. The molecular weight excluding hydrogens is 240 g/mol. The SMILES string of the molecule is Cc1cc(C2(C(=O)O)CCC(F)(F)CC2)ccn1. The molecule has 1 aromatic rings. The van der Waals surface area contributed by atoms with Gasteiger partial charge in [-0.3, -0.25) is 9.78 Å². The van der Waals surface area contributed by atoms with E-state index in [0.29, 0.717) is 11.3 Å². The molecule has 1 saturated carbocycles. The summed E-state index contributed by atoms with van der Waals surface area (Å²) in [5.41, 5.74) is 0.0958. The molecule has 0 amide bonds. The normalized spacial score (nSPS) is 21.5. The van der Waals surface area contributed by atoms with Gasteiger partial charge in [0, 0.05) is 24.7 Å². The predicted octanol–water partition coefficient (Wildman–Crippen LogP) is 2.92. The molecule has 1 fully saturated rings. The molecule has 0 radical (unpaired) electrons. The van der Waals surface area contributed by atoms with Gasteiger partial charge in [0.15, 0.2) is 0 Å². The van der Waals surface area contributed by atoms with E-state index in [4.69, 9.17) is 0 Å². The van der Waals surface area contributed by atoms with Crippen LogP contribution in [0.2, 0.25) is 0 Å². The number of aryl methyl sites for hydroxylation is 1. The fourth-order valence-corrected chi connectivity index (χ4v) is 2.51. The minimum atomic E-state index is -2.74. The third-order valence-corrected chi connectivity index (χ3v) is 3.69. The van der Waals surface area contributed by atoms with Crippen LogP contribution in [-0.4, -0.2) is 22.0 Å². The van der Waals surface area contributed by atoms with Crippen molar-refractivity contribution in [2.45, 2.75) is 43.9 Å². The van der Waals surface area contributed by atoms with Gasteiger partial charge in [-0.1, -0.05) is 0 Å². The van der Waals surface area contributed by atoms with Crippen molar-refractivity contribution in [3.8, 4) is 0 Å². The molecule has 2 rings (SSSR count). The summed E-state index contributed by atoms with van der Waals surface area (Å²) in [4.78, 5) is 15.5. The Labute approximate surface area is 104 Å². The third-order valence-electron chi connectivity index (χ3n) is 3.69. The lowest BCUT2D eigenvalue weighted by molar-refractivity contribution is -0.149. The van der Waals surface area contributed by atoms with Crippen molar-refractivity contribution in [1.29, 1.82) is 0 Å². The minimum Gasteiger partial charge on any atom is -0.481 e. The van der Waals surface area contributed by atoms with Crippen molar-refractivity contribution in [2.24, 2.45) is 0 Å². The van der Waals surface area contributed by atoms with Crippen molar-refractivity contribution in [2.75, 3.05) is 0 Å². The Kier molecular flexibility index (Phi) is 3.09. The maximum Gasteiger partial charge on any atom is 0.314 e. The summed E-state index contributed by atoms with van der Waals surface area (Å²) in [6.07, 6.45) is 0.723. The fraction of sp³-hybridized carbons (Fsp3) is 0.538. The number of nitrogens with zero attached hydrogens (tertiary/aromatic N) is 1. The first-order chi connectivity index (χ1) is 8.36. The second-order valence-corrected chi connectivity index (χ2v) is 4.93. The van der Waals surface area contributed by atoms with Gasteiger partial charge in [0.1, 0.15) is 0 Å². The fourth-order valence-electron chi connectivity index (χ4n) is 2.51. The molecule has 1 aromatic heterocycles. The first kappa shape index (κ1) is 12.9. The van der Waals surface area contributed by atoms with Gasteiger partial charge in [0.05, 0.1) is 5.41 Å². The number of rotatable bonds is 2. The Morgan fingerprint density at radius 2 is 1.94 bits per heavy atom. The monoisotopic (exact) mass is 255 g/mol. The van der Waals surface area contributed by atoms with E-state index < -0.39 is 17.3 Å². The van der Waals surface area contributed by atoms with Crippen LogP contribution in [0.25, 0.3) is 0 Å². The summed E-state index contributed by atoms with van der Waals surface area (Å²) < 4.78 is 26.4. The molecule has 0 bridgehead atoms. The molecule has 1 aliphatic carbocycles. The highest BCUT2D eigenvalue weighted by Gasteiger charge is 2.49. The number of halogens is 2. The molecule has 0 spiro atoms. The van der Waals surface area contributed by atoms with Crippen molar-refractivity contribution >= 4 is 5.97 Å². The van der Waals surface area contributed by atoms with Crippen LogP contribution in [0, 0.1) is 6.92 Å². The van der Waals surface area contributed by atoms with Gasteiger partial charge in [0.2, 0.25) is 5.92 Å². The van der Waals surface area contributed by atoms with Crippen LogP contribution in [0.3, 0.4) is 0 Å². The molecule has 3 nitrogen and oxygen atoms in total. The highest BCUT2D eigenvalue weighted by atomic mass is 19.3. The van der Waals surface area contributed by atoms with Crippen LogP contribution < -0.4 is 0 Å². The smallest absolute Gasteiger partial charge is 0.314 e. The van der Waals surface area contributed by atoms with Gasteiger partial charge >= 0.3 is 5.97 Å². The second kappa shape index (κ2) is 4.30. The van der Waals surface area contributed by atoms with Gasteiger partial charge in [0.25, 0.3) is 0 Å². The number of carboxylic acids is 1. The Hall–Kier alpha value is -1.52. The van der Waals surface area contributed by atoms with Gasteiger partial charge in [-0.15, -0.1) is 0 Å². The van der Waals surface area contributed by atoms with Crippen LogP contribution in [0.1, 0.15) is 36.9 Å². The number of aromatic nitrogens is 1. The molecule has 5 heteroatoms. The zero-order chi connectivity index (χ0) is 13.4. The van der Waals surface area contributed by atoms with Crippen LogP contribution >= 0.6 is 0 Å². The molecule has 98 valence electrons. The van der Waals surface area contributed by atoms with E-state index >= 15 is 0 Å². The molecule has 0 aromatic carbocycles. The van der Waals surface area contributed by atoms with Crippen molar-refractivity contribution in [1.82, 2.24) is 4.98 Å². The van der Waals surface area contributed by atoms with Crippen LogP contribution in [0.4, 0.5) is 8.78 Å². The summed E-state index contributed by atoms with van der Waals surface area (Å²) >= 11 is 0. The maximum absolute atomic E-state index is 13.2. The summed E-state index contributed by atoms with van der Waals surface area (Å²) in [7, 11) is 0. The molecule has 0 unspecified atom stereocenters. The number of aliphatic carboxylic acids is 1. The first-order valence-electron chi connectivity index (χ1n) is 5.90. The van der Waals surface area contributed by atoms with E-state index in [1.165, 1.54) is 6.20 Å². The van der Waals surface area contributed by atoms with Crippen molar-refractivity contribution < 1.29 is 18.7 Å². The molecule has 1 aliphatic rings. The minimum absolute atomic E-state index is 0.0290. The molecule has 0 saturated heterocycles. The summed E-state index contributed by atoms with van der Waals surface area (Å²) in [5.74, 6) is -3.76. The quantitative estimate of drug-likeness (QED) is 0.884. The van der Waals surface area contributed by atoms with Gasteiger partial charge in [-0.2, -0.15) is 0 Å². The summed E-state index contributed by atoms with van der Waals surface area (Å²) in [6.45, 7) is 1.76. The summed E-state index contributed by atoms with van der Waals surface area (Å²) in [5, 5.41) is 9.44. The predicted molar refractivity (Wildman–Crippen MR) is 61.7 cm³/mol. The van der Waals surface area contributed by atoms with Crippen molar-refractivity contribution in [3.05, 3.63) is 29.6 Å². The highest BCUT2D eigenvalue weighted by Crippen LogP contribution is 2.45. The average molecular weight is 255 g/mol. The van der Waals surface area contributed by atoms with E-state index in [1.54, 1.807) is 19.1 Å². The third kappa shape index (κ3) is 2.21. The number of hydrogen-bond acceptors (Lipinski definition) is 2. The van der Waals surface area contributed by atoms with Crippen LogP contribution in [0.15, 0.2) is 18.3 Å². The van der Waals surface area contributed by atoms with Crippen LogP contribution in [-0.2, 0) is 10.2 Å². The van der Waals surface area contributed by atoms with Gasteiger partial charge in [-0.05, 0) is 37.5 Å². The molecule has 0 atom stereocenters. The number of pyridine rings is 1. The van der Waals surface area contributed by atoms with Crippen molar-refractivity contribution in [3.63, 3.8) is 0 Å². The lowest BCUT2D eigenvalue weighted by atomic mass is 9.68. The van der Waals surface area contributed by atoms with E-state index in [2.05, 4.69) is 4.98 Å². The van der Waals surface area contributed by atoms with E-state index in [0.717, 1.165) is 0 Å². The van der Waals surface area contributed by atoms with E-state index in [1.807, 2.05) is 0 Å². The zero-order valence-corrected chi connectivity index (χ0v) is 10.1. The Morgan fingerprint density at radius 3 is 2.44 bits per heavy atom. The Bertz CT molecular complexity index is 464. The standard InChI is InChI=1S/C13H15F2NO2/c1-9-8-10(2-7-16-9)12(11(17)18)3-5-13(14,15)6-4-12/h2,7-8H,3-6H2,1H3,(H,17,18). The van der Waals surface area contributed by atoms with Crippen LogP contribution in [0.5, 0.6) is 0 Å². The number of hydrogen-bond donors (Lipinski definition) is 1. The summed E-state index contributed by atoms with van der Waals surface area (Å²) in [6, 6.07) is 3.29. The largest absolute Gasteiger partial charge is 0.481 e. The highest BCUT2D eigenvalue weighted by molar-refractivity contribution is 5.81. The lowest BCUT2D eigenvalue weighted by Gasteiger charge is -2.37. The molecule has 0 aliphatic heterocycles. The molecule has 1 heterocycles. The van der Waals surface area contributed by atoms with E-state index in [-0.39, 0.29) is 25.7 Å². The van der Waals surface area contributed by atoms with Gasteiger partial charge in [-0.25, -0.2) is 8.78 Å². The number of carbonyl (C=O) groups is 1. The lowest BCUT2D eigenvalue weighted by Crippen LogP contribution is -2.42. The topological polar surface area (TPSA) is 50.2 Å². The van der Waals surface area contributed by atoms with E-state index in [9.17, 15) is 18.7 Å². The maximum atomic E-state index is 13.2. The second-order valence-electron chi connectivity index (χ2n) is 4.93. The van der Waals surface area contributed by atoms with Gasteiger partial charge < -0.3 is 5.11 Å².